The molecule has 0 fully saturated rings. The van der Waals surface area contributed by atoms with Crippen LogP contribution in [-0.2, 0) is 16.1 Å². The van der Waals surface area contributed by atoms with Crippen molar-refractivity contribution in [3.8, 4) is 0 Å². The number of ether oxygens (including phenoxy) is 1. The van der Waals surface area contributed by atoms with Crippen molar-refractivity contribution in [1.82, 2.24) is 0 Å². The first-order valence-corrected chi connectivity index (χ1v) is 8.01. The van der Waals surface area contributed by atoms with Crippen LogP contribution in [-0.4, -0.2) is 5.97 Å². The summed E-state index contributed by atoms with van der Waals surface area (Å²) in [4.78, 5) is 13.6. The Bertz CT molecular complexity index is 706. The Morgan fingerprint density at radius 2 is 1.59 bits per heavy atom. The van der Waals surface area contributed by atoms with Gasteiger partial charge in [-0.2, -0.15) is 0 Å². The normalized spacial score (nSPS) is 11.8. The minimum Gasteiger partial charge on any atom is -0.460 e. The molecular weight excluding hydrogens is 292 g/mol. The molecule has 3 aromatic rings. The van der Waals surface area contributed by atoms with Gasteiger partial charge >= 0.3 is 5.97 Å². The van der Waals surface area contributed by atoms with Gasteiger partial charge in [0.15, 0.2) is 0 Å². The topological polar surface area (TPSA) is 26.3 Å². The molecule has 1 unspecified atom stereocenters. The van der Waals surface area contributed by atoms with Crippen molar-refractivity contribution < 1.29 is 9.53 Å². The van der Waals surface area contributed by atoms with Gasteiger partial charge in [0.2, 0.25) is 0 Å². The lowest BCUT2D eigenvalue weighted by Gasteiger charge is -2.15. The van der Waals surface area contributed by atoms with Crippen LogP contribution >= 0.6 is 11.3 Å². The first-order chi connectivity index (χ1) is 10.8. The van der Waals surface area contributed by atoms with Gasteiger partial charge in [-0.1, -0.05) is 66.7 Å². The lowest BCUT2D eigenvalue weighted by Crippen LogP contribution is -2.16. The molecular formula is C19H16O2S. The third-order valence-corrected chi connectivity index (χ3v) is 4.36. The maximum Gasteiger partial charge on any atom is 0.319 e. The lowest BCUT2D eigenvalue weighted by atomic mass is 9.97. The fourth-order valence-corrected chi connectivity index (χ4v) is 3.17. The number of benzene rings is 2. The molecule has 0 saturated carbocycles. The van der Waals surface area contributed by atoms with E-state index in [0.717, 1.165) is 16.0 Å². The molecule has 0 aliphatic carbocycles. The highest BCUT2D eigenvalue weighted by atomic mass is 32.1. The summed E-state index contributed by atoms with van der Waals surface area (Å²) in [5.41, 5.74) is 1.96. The van der Waals surface area contributed by atoms with Crippen molar-refractivity contribution in [2.75, 3.05) is 0 Å². The average molecular weight is 308 g/mol. The van der Waals surface area contributed by atoms with Crippen LogP contribution in [0.15, 0.2) is 78.2 Å². The number of hydrogen-bond donors (Lipinski definition) is 0. The molecule has 0 bridgehead atoms. The van der Waals surface area contributed by atoms with E-state index in [4.69, 9.17) is 4.74 Å². The fraction of sp³-hybridized carbons (Fsp3) is 0.105. The Kier molecular flexibility index (Phi) is 4.66. The van der Waals surface area contributed by atoms with Gasteiger partial charge in [-0.05, 0) is 22.6 Å². The molecule has 0 amide bonds. The highest BCUT2D eigenvalue weighted by Gasteiger charge is 2.25. The molecule has 2 aromatic carbocycles. The molecule has 3 rings (SSSR count). The average Bonchev–Trinajstić information content (AvgIpc) is 3.09. The zero-order valence-corrected chi connectivity index (χ0v) is 12.8. The SMILES string of the molecule is O=C(OCc1ccccc1)C(c1ccccc1)c1cccs1. The molecule has 2 nitrogen and oxygen atoms in total. The van der Waals surface area contributed by atoms with Crippen molar-refractivity contribution in [2.24, 2.45) is 0 Å². The number of carbonyl (C=O) groups excluding carboxylic acids is 1. The summed E-state index contributed by atoms with van der Waals surface area (Å²) in [6, 6.07) is 23.4. The van der Waals surface area contributed by atoms with E-state index in [2.05, 4.69) is 0 Å². The van der Waals surface area contributed by atoms with Crippen LogP contribution in [0, 0.1) is 0 Å². The second-order valence-corrected chi connectivity index (χ2v) is 5.93. The molecule has 0 N–H and O–H groups in total. The third-order valence-electron chi connectivity index (χ3n) is 3.42. The Labute approximate surface area is 134 Å². The van der Waals surface area contributed by atoms with Crippen LogP contribution < -0.4 is 0 Å². The van der Waals surface area contributed by atoms with Crippen molar-refractivity contribution in [1.29, 1.82) is 0 Å². The van der Waals surface area contributed by atoms with E-state index >= 15 is 0 Å². The van der Waals surface area contributed by atoms with E-state index < -0.39 is 0 Å². The predicted molar refractivity (Wildman–Crippen MR) is 88.8 cm³/mol. The Morgan fingerprint density at radius 1 is 0.909 bits per heavy atom. The van der Waals surface area contributed by atoms with E-state index in [-0.39, 0.29) is 11.9 Å². The molecule has 110 valence electrons. The maximum absolute atomic E-state index is 12.6. The van der Waals surface area contributed by atoms with Crippen LogP contribution in [0.2, 0.25) is 0 Å². The quantitative estimate of drug-likeness (QED) is 0.643. The van der Waals surface area contributed by atoms with Crippen LogP contribution in [0.25, 0.3) is 0 Å². The summed E-state index contributed by atoms with van der Waals surface area (Å²) in [6.07, 6.45) is 0. The molecule has 0 aliphatic rings. The van der Waals surface area contributed by atoms with Crippen molar-refractivity contribution >= 4 is 17.3 Å². The fourth-order valence-electron chi connectivity index (χ4n) is 2.33. The van der Waals surface area contributed by atoms with E-state index in [1.54, 1.807) is 11.3 Å². The van der Waals surface area contributed by atoms with E-state index in [0.29, 0.717) is 6.61 Å². The van der Waals surface area contributed by atoms with Crippen LogP contribution in [0.3, 0.4) is 0 Å². The molecule has 22 heavy (non-hydrogen) atoms. The van der Waals surface area contributed by atoms with Gasteiger partial charge in [0, 0.05) is 4.88 Å². The first-order valence-electron chi connectivity index (χ1n) is 7.13. The lowest BCUT2D eigenvalue weighted by molar-refractivity contribution is -0.145. The molecule has 0 radical (unpaired) electrons. The van der Waals surface area contributed by atoms with Crippen molar-refractivity contribution in [3.63, 3.8) is 0 Å². The number of esters is 1. The number of carbonyl (C=O) groups is 1. The Morgan fingerprint density at radius 3 is 2.23 bits per heavy atom. The highest BCUT2D eigenvalue weighted by molar-refractivity contribution is 7.10. The summed E-state index contributed by atoms with van der Waals surface area (Å²) in [5.74, 6) is -0.567. The molecule has 0 aliphatic heterocycles. The van der Waals surface area contributed by atoms with Gasteiger partial charge in [0.05, 0.1) is 0 Å². The van der Waals surface area contributed by atoms with Gasteiger partial charge in [-0.3, -0.25) is 4.79 Å². The summed E-state index contributed by atoms with van der Waals surface area (Å²) >= 11 is 1.58. The second kappa shape index (κ2) is 7.05. The third kappa shape index (κ3) is 3.43. The van der Waals surface area contributed by atoms with Gasteiger partial charge in [0.25, 0.3) is 0 Å². The predicted octanol–water partition coefficient (Wildman–Crippen LogP) is 4.62. The first kappa shape index (κ1) is 14.5. The Balaban J connectivity index is 1.79. The van der Waals surface area contributed by atoms with Crippen molar-refractivity contribution in [2.45, 2.75) is 12.5 Å². The maximum atomic E-state index is 12.6. The van der Waals surface area contributed by atoms with Gasteiger partial charge in [-0.25, -0.2) is 0 Å². The summed E-state index contributed by atoms with van der Waals surface area (Å²) in [5, 5.41) is 1.98. The summed E-state index contributed by atoms with van der Waals surface area (Å²) in [6.45, 7) is 0.300. The molecule has 0 saturated heterocycles. The zero-order valence-electron chi connectivity index (χ0n) is 12.0. The minimum absolute atomic E-state index is 0.211. The van der Waals surface area contributed by atoms with Crippen LogP contribution in [0.5, 0.6) is 0 Å². The van der Waals surface area contributed by atoms with Crippen LogP contribution in [0.4, 0.5) is 0 Å². The second-order valence-electron chi connectivity index (χ2n) is 4.95. The number of rotatable bonds is 5. The van der Waals surface area contributed by atoms with Gasteiger partial charge < -0.3 is 4.74 Å². The van der Waals surface area contributed by atoms with Gasteiger partial charge in [0.1, 0.15) is 12.5 Å². The number of hydrogen-bond acceptors (Lipinski definition) is 3. The minimum atomic E-state index is -0.357. The zero-order chi connectivity index (χ0) is 15.2. The molecule has 0 spiro atoms. The summed E-state index contributed by atoms with van der Waals surface area (Å²) in [7, 11) is 0. The Hall–Kier alpha value is -2.39. The van der Waals surface area contributed by atoms with Crippen LogP contribution in [0.1, 0.15) is 21.9 Å². The van der Waals surface area contributed by atoms with E-state index in [9.17, 15) is 4.79 Å². The molecule has 1 atom stereocenters. The van der Waals surface area contributed by atoms with Crippen molar-refractivity contribution in [3.05, 3.63) is 94.2 Å². The molecule has 1 aromatic heterocycles. The monoisotopic (exact) mass is 308 g/mol. The standard InChI is InChI=1S/C19H16O2S/c20-19(21-14-15-8-3-1-4-9-15)18(17-12-7-13-22-17)16-10-5-2-6-11-16/h1-13,18H,14H2. The largest absolute Gasteiger partial charge is 0.460 e. The molecule has 3 heteroatoms. The summed E-state index contributed by atoms with van der Waals surface area (Å²) < 4.78 is 5.54. The van der Waals surface area contributed by atoms with E-state index in [1.165, 1.54) is 0 Å². The number of thiophene rings is 1. The molecule has 1 heterocycles. The smallest absolute Gasteiger partial charge is 0.319 e. The van der Waals surface area contributed by atoms with E-state index in [1.807, 2.05) is 78.2 Å². The van der Waals surface area contributed by atoms with Gasteiger partial charge in [-0.15, -0.1) is 11.3 Å². The highest BCUT2D eigenvalue weighted by Crippen LogP contribution is 2.29.